The maximum absolute atomic E-state index is 12.0. The number of anilines is 2. The number of rotatable bonds is 5. The number of carbonyl (C=O) groups excluding carboxylic acids is 1. The summed E-state index contributed by atoms with van der Waals surface area (Å²) >= 11 is 0. The smallest absolute Gasteiger partial charge is 0.323 e. The van der Waals surface area contributed by atoms with Gasteiger partial charge in [-0.15, -0.1) is 0 Å². The lowest BCUT2D eigenvalue weighted by atomic mass is 10.1. The van der Waals surface area contributed by atoms with Crippen molar-refractivity contribution in [3.8, 4) is 5.75 Å². The van der Waals surface area contributed by atoms with Crippen molar-refractivity contribution in [2.75, 3.05) is 10.6 Å². The molecule has 2 rings (SSSR count). The van der Waals surface area contributed by atoms with Crippen LogP contribution in [0.4, 0.5) is 16.2 Å². The van der Waals surface area contributed by atoms with Gasteiger partial charge in [0.15, 0.2) is 0 Å². The molecule has 2 amide bonds. The van der Waals surface area contributed by atoms with Gasteiger partial charge in [0.2, 0.25) is 0 Å². The van der Waals surface area contributed by atoms with Crippen LogP contribution in [0, 0.1) is 13.8 Å². The minimum atomic E-state index is -0.260. The summed E-state index contributed by atoms with van der Waals surface area (Å²) in [5.74, 6) is 0.805. The summed E-state index contributed by atoms with van der Waals surface area (Å²) in [6.45, 7) is 8.18. The average molecular weight is 312 g/mol. The monoisotopic (exact) mass is 312 g/mol. The van der Waals surface area contributed by atoms with E-state index in [2.05, 4.69) is 17.6 Å². The van der Waals surface area contributed by atoms with Crippen LogP contribution in [0.1, 0.15) is 31.4 Å². The van der Waals surface area contributed by atoms with Crippen LogP contribution in [0.2, 0.25) is 0 Å². The molecule has 0 saturated heterocycles. The number of nitrogens with one attached hydrogen (secondary N) is 2. The minimum Gasteiger partial charge on any atom is -0.491 e. The first-order valence-corrected chi connectivity index (χ1v) is 7.90. The molecule has 1 unspecified atom stereocenters. The predicted octanol–water partition coefficient (Wildman–Crippen LogP) is 5.12. The minimum absolute atomic E-state index is 0.182. The molecule has 0 fully saturated rings. The molecule has 4 heteroatoms. The van der Waals surface area contributed by atoms with Crippen molar-refractivity contribution in [2.45, 2.75) is 40.2 Å². The molecule has 0 saturated carbocycles. The Morgan fingerprint density at radius 3 is 2.22 bits per heavy atom. The second kappa shape index (κ2) is 7.68. The van der Waals surface area contributed by atoms with Gasteiger partial charge < -0.3 is 15.4 Å². The molecule has 1 atom stereocenters. The molecule has 23 heavy (non-hydrogen) atoms. The zero-order chi connectivity index (χ0) is 16.8. The van der Waals surface area contributed by atoms with Crippen LogP contribution in [0.15, 0.2) is 42.5 Å². The third-order valence-corrected chi connectivity index (χ3v) is 3.79. The van der Waals surface area contributed by atoms with Gasteiger partial charge in [-0.3, -0.25) is 0 Å². The van der Waals surface area contributed by atoms with E-state index in [-0.39, 0.29) is 12.1 Å². The molecule has 0 aliphatic heterocycles. The number of carbonyl (C=O) groups is 1. The first kappa shape index (κ1) is 16.9. The third-order valence-electron chi connectivity index (χ3n) is 3.79. The molecule has 2 aromatic carbocycles. The molecule has 0 spiro atoms. The van der Waals surface area contributed by atoms with Gasteiger partial charge in [-0.25, -0.2) is 4.79 Å². The summed E-state index contributed by atoms with van der Waals surface area (Å²) in [5, 5.41) is 5.65. The number of ether oxygens (including phenoxy) is 1. The molecule has 0 aliphatic carbocycles. The van der Waals surface area contributed by atoms with Gasteiger partial charge in [-0.1, -0.05) is 13.0 Å². The van der Waals surface area contributed by atoms with Crippen molar-refractivity contribution in [3.63, 3.8) is 0 Å². The third kappa shape index (κ3) is 5.02. The number of hydrogen-bond donors (Lipinski definition) is 2. The fourth-order valence-electron chi connectivity index (χ4n) is 2.05. The van der Waals surface area contributed by atoms with E-state index in [4.69, 9.17) is 4.74 Å². The maximum Gasteiger partial charge on any atom is 0.323 e. The van der Waals surface area contributed by atoms with E-state index in [1.165, 1.54) is 5.56 Å². The Kier molecular flexibility index (Phi) is 5.63. The van der Waals surface area contributed by atoms with Crippen LogP contribution in [0.5, 0.6) is 5.75 Å². The van der Waals surface area contributed by atoms with Gasteiger partial charge in [-0.05, 0) is 74.7 Å². The van der Waals surface area contributed by atoms with E-state index in [0.29, 0.717) is 0 Å². The number of aryl methyl sites for hydroxylation is 2. The Morgan fingerprint density at radius 1 is 1.00 bits per heavy atom. The fraction of sp³-hybridized carbons (Fsp3) is 0.316. The van der Waals surface area contributed by atoms with E-state index in [1.807, 2.05) is 63.2 Å². The quantitative estimate of drug-likeness (QED) is 0.804. The van der Waals surface area contributed by atoms with Crippen molar-refractivity contribution >= 4 is 17.4 Å². The molecule has 2 N–H and O–H groups in total. The van der Waals surface area contributed by atoms with E-state index in [1.54, 1.807) is 0 Å². The lowest BCUT2D eigenvalue weighted by Crippen LogP contribution is -2.19. The SMILES string of the molecule is CCC(C)Oc1ccc(NC(=O)Nc2ccc(C)c(C)c2)cc1. The highest BCUT2D eigenvalue weighted by molar-refractivity contribution is 5.99. The van der Waals surface area contributed by atoms with Crippen LogP contribution >= 0.6 is 0 Å². The highest BCUT2D eigenvalue weighted by atomic mass is 16.5. The molecule has 0 bridgehead atoms. The Morgan fingerprint density at radius 2 is 1.61 bits per heavy atom. The lowest BCUT2D eigenvalue weighted by Gasteiger charge is -2.13. The second-order valence-corrected chi connectivity index (χ2v) is 5.74. The van der Waals surface area contributed by atoms with Crippen LogP contribution < -0.4 is 15.4 Å². The van der Waals surface area contributed by atoms with Gasteiger partial charge >= 0.3 is 6.03 Å². The van der Waals surface area contributed by atoms with Crippen LogP contribution in [0.3, 0.4) is 0 Å². The summed E-state index contributed by atoms with van der Waals surface area (Å²) in [7, 11) is 0. The summed E-state index contributed by atoms with van der Waals surface area (Å²) in [6.07, 6.45) is 1.14. The van der Waals surface area contributed by atoms with E-state index < -0.39 is 0 Å². The zero-order valence-corrected chi connectivity index (χ0v) is 14.1. The standard InChI is InChI=1S/C19H24N2O2/c1-5-15(4)23-18-10-8-16(9-11-18)20-19(22)21-17-7-6-13(2)14(3)12-17/h6-12,15H,5H2,1-4H3,(H2,20,21,22). The van der Waals surface area contributed by atoms with Crippen molar-refractivity contribution in [1.29, 1.82) is 0 Å². The van der Waals surface area contributed by atoms with Crippen molar-refractivity contribution in [3.05, 3.63) is 53.6 Å². The average Bonchev–Trinajstić information content (AvgIpc) is 2.52. The highest BCUT2D eigenvalue weighted by Crippen LogP contribution is 2.18. The molecule has 0 heterocycles. The summed E-state index contributed by atoms with van der Waals surface area (Å²) in [5.41, 5.74) is 3.85. The lowest BCUT2D eigenvalue weighted by molar-refractivity contribution is 0.217. The van der Waals surface area contributed by atoms with E-state index >= 15 is 0 Å². The molecule has 2 aromatic rings. The molecular formula is C19H24N2O2. The van der Waals surface area contributed by atoms with Crippen LogP contribution in [-0.2, 0) is 0 Å². The van der Waals surface area contributed by atoms with Gasteiger partial charge in [0.05, 0.1) is 6.10 Å². The number of benzene rings is 2. The van der Waals surface area contributed by atoms with Crippen molar-refractivity contribution < 1.29 is 9.53 Å². The summed E-state index contributed by atoms with van der Waals surface area (Å²) in [6, 6.07) is 13.0. The normalized spacial score (nSPS) is 11.7. The largest absolute Gasteiger partial charge is 0.491 e. The van der Waals surface area contributed by atoms with Crippen molar-refractivity contribution in [1.82, 2.24) is 0 Å². The number of urea groups is 1. The first-order chi connectivity index (χ1) is 11.0. The van der Waals surface area contributed by atoms with Crippen LogP contribution in [0.25, 0.3) is 0 Å². The molecule has 4 nitrogen and oxygen atoms in total. The van der Waals surface area contributed by atoms with Gasteiger partial charge in [-0.2, -0.15) is 0 Å². The first-order valence-electron chi connectivity index (χ1n) is 7.90. The molecule has 122 valence electrons. The van der Waals surface area contributed by atoms with Crippen LogP contribution in [-0.4, -0.2) is 12.1 Å². The Labute approximate surface area is 137 Å². The second-order valence-electron chi connectivity index (χ2n) is 5.74. The molecule has 0 aromatic heterocycles. The highest BCUT2D eigenvalue weighted by Gasteiger charge is 2.05. The van der Waals surface area contributed by atoms with E-state index in [9.17, 15) is 4.79 Å². The Balaban J connectivity index is 1.93. The van der Waals surface area contributed by atoms with E-state index in [0.717, 1.165) is 29.1 Å². The van der Waals surface area contributed by atoms with Gasteiger partial charge in [0.1, 0.15) is 5.75 Å². The zero-order valence-electron chi connectivity index (χ0n) is 14.1. The summed E-state index contributed by atoms with van der Waals surface area (Å²) < 4.78 is 5.72. The molecular weight excluding hydrogens is 288 g/mol. The molecule has 0 radical (unpaired) electrons. The molecule has 0 aliphatic rings. The van der Waals surface area contributed by atoms with Crippen molar-refractivity contribution in [2.24, 2.45) is 0 Å². The number of hydrogen-bond acceptors (Lipinski definition) is 2. The Bertz CT molecular complexity index is 666. The summed E-state index contributed by atoms with van der Waals surface area (Å²) in [4.78, 5) is 12.0. The predicted molar refractivity (Wildman–Crippen MR) is 95.4 cm³/mol. The maximum atomic E-state index is 12.0. The fourth-order valence-corrected chi connectivity index (χ4v) is 2.05. The number of amides is 2. The Hall–Kier alpha value is -2.49. The van der Waals surface area contributed by atoms with Gasteiger partial charge in [0, 0.05) is 11.4 Å². The topological polar surface area (TPSA) is 50.4 Å². The van der Waals surface area contributed by atoms with Gasteiger partial charge in [0.25, 0.3) is 0 Å².